The first-order valence-electron chi connectivity index (χ1n) is 4.36. The van der Waals surface area contributed by atoms with Gasteiger partial charge < -0.3 is 25.3 Å². The zero-order chi connectivity index (χ0) is 12.7. The minimum absolute atomic E-state index is 0. The largest absolute Gasteiger partial charge is 2.00 e. The minimum atomic E-state index is -1.40. The molecule has 0 saturated heterocycles. The molecule has 5 nitrogen and oxygen atoms in total. The van der Waals surface area contributed by atoms with E-state index in [1.54, 1.807) is 0 Å². The summed E-state index contributed by atoms with van der Waals surface area (Å²) in [4.78, 5) is 20.5. The van der Waals surface area contributed by atoms with Gasteiger partial charge in [0.05, 0.1) is 30.7 Å². The number of aromatic carboxylic acids is 2. The van der Waals surface area contributed by atoms with Crippen molar-refractivity contribution >= 4 is 60.6 Å². The van der Waals surface area contributed by atoms with Gasteiger partial charge in [0.25, 0.3) is 0 Å². The SMILES string of the molecule is C[S+](C)C.O=C([O-])c1cccc(C(=O)[O-])c1.[Ca+2].[OH-]. The van der Waals surface area contributed by atoms with E-state index in [4.69, 9.17) is 0 Å². The van der Waals surface area contributed by atoms with Crippen LogP contribution in [0.2, 0.25) is 0 Å². The summed E-state index contributed by atoms with van der Waals surface area (Å²) in [6.45, 7) is 0. The van der Waals surface area contributed by atoms with E-state index in [-0.39, 0.29) is 54.3 Å². The molecular formula is C11H14CaO5S. The summed E-state index contributed by atoms with van der Waals surface area (Å²) >= 11 is 0. The molecule has 1 aromatic rings. The monoisotopic (exact) mass is 298 g/mol. The van der Waals surface area contributed by atoms with Gasteiger partial charge in [-0.05, 0) is 28.1 Å². The number of benzene rings is 1. The van der Waals surface area contributed by atoms with Gasteiger partial charge in [-0.25, -0.2) is 0 Å². The quantitative estimate of drug-likeness (QED) is 0.480. The number of carbonyl (C=O) groups excluding carboxylic acids is 2. The number of carboxylic acid groups (broad SMARTS) is 2. The zero-order valence-corrected chi connectivity index (χ0v) is 13.5. The Hall–Kier alpha value is -0.270. The average molecular weight is 298 g/mol. The number of carboxylic acids is 2. The van der Waals surface area contributed by atoms with Crippen LogP contribution in [0.15, 0.2) is 24.3 Å². The molecule has 1 rings (SSSR count). The summed E-state index contributed by atoms with van der Waals surface area (Å²) in [5.41, 5.74) is -0.339. The number of hydrogen-bond donors (Lipinski definition) is 0. The molecular weight excluding hydrogens is 284 g/mol. The Balaban J connectivity index is -0.000000332. The normalized spacial score (nSPS) is 8.22. The van der Waals surface area contributed by atoms with E-state index in [1.165, 1.54) is 18.2 Å². The molecule has 0 atom stereocenters. The van der Waals surface area contributed by atoms with Gasteiger partial charge in [0, 0.05) is 0 Å². The van der Waals surface area contributed by atoms with Crippen LogP contribution in [0.3, 0.4) is 0 Å². The molecule has 96 valence electrons. The fourth-order valence-corrected chi connectivity index (χ4v) is 0.773. The van der Waals surface area contributed by atoms with Crippen LogP contribution in [0, 0.1) is 0 Å². The zero-order valence-electron chi connectivity index (χ0n) is 10.5. The summed E-state index contributed by atoms with van der Waals surface area (Å²) in [5.74, 6) is -2.81. The molecule has 0 aliphatic carbocycles. The van der Waals surface area contributed by atoms with Crippen LogP contribution in [0.25, 0.3) is 0 Å². The average Bonchev–Trinajstić information content (AvgIpc) is 2.17. The van der Waals surface area contributed by atoms with E-state index in [0.717, 1.165) is 6.07 Å². The van der Waals surface area contributed by atoms with Crippen molar-refractivity contribution in [3.05, 3.63) is 35.4 Å². The van der Waals surface area contributed by atoms with Crippen LogP contribution in [0.1, 0.15) is 20.7 Å². The summed E-state index contributed by atoms with van der Waals surface area (Å²) < 4.78 is 0. The molecule has 0 aliphatic rings. The molecule has 0 aliphatic heterocycles. The van der Waals surface area contributed by atoms with Gasteiger partial charge in [-0.1, -0.05) is 18.2 Å². The Bertz CT molecular complexity index is 349. The predicted octanol–water partition coefficient (Wildman–Crippen LogP) is -1.65. The van der Waals surface area contributed by atoms with Crippen molar-refractivity contribution in [2.45, 2.75) is 0 Å². The third-order valence-corrected chi connectivity index (χ3v) is 1.33. The number of carbonyl (C=O) groups is 2. The third kappa shape index (κ3) is 10.9. The van der Waals surface area contributed by atoms with Crippen molar-refractivity contribution in [3.8, 4) is 0 Å². The molecule has 0 aromatic heterocycles. The maximum absolute atomic E-state index is 10.3. The first kappa shape index (κ1) is 22.9. The first-order chi connectivity index (χ1) is 7.34. The van der Waals surface area contributed by atoms with Crippen molar-refractivity contribution in [1.29, 1.82) is 0 Å². The van der Waals surface area contributed by atoms with E-state index in [0.29, 0.717) is 10.9 Å². The van der Waals surface area contributed by atoms with Crippen LogP contribution in [-0.4, -0.2) is 73.9 Å². The van der Waals surface area contributed by atoms with E-state index in [9.17, 15) is 19.8 Å². The van der Waals surface area contributed by atoms with Crippen LogP contribution in [0.4, 0.5) is 0 Å². The first-order valence-corrected chi connectivity index (χ1v) is 6.81. The Kier molecular flexibility index (Phi) is 15.0. The summed E-state index contributed by atoms with van der Waals surface area (Å²) in [6.07, 6.45) is 6.58. The Labute approximate surface area is 139 Å². The smallest absolute Gasteiger partial charge is 0.870 e. The Morgan fingerprint density at radius 2 is 1.28 bits per heavy atom. The van der Waals surface area contributed by atoms with Gasteiger partial charge in [-0.2, -0.15) is 0 Å². The number of hydrogen-bond acceptors (Lipinski definition) is 5. The molecule has 0 unspecified atom stereocenters. The molecule has 7 heteroatoms. The van der Waals surface area contributed by atoms with Gasteiger partial charge in [0.2, 0.25) is 0 Å². The summed E-state index contributed by atoms with van der Waals surface area (Å²) in [5, 5.41) is 20.5. The second-order valence-electron chi connectivity index (χ2n) is 3.38. The van der Waals surface area contributed by atoms with Gasteiger partial charge in [0.1, 0.15) is 0 Å². The standard InChI is InChI=1S/C8H6O4.C3H9S.Ca.H2O/c9-7(10)5-2-1-3-6(4-5)8(11)12;1-4(2)3;;/h1-4H,(H,9,10)(H,11,12);1-3H3;;1H2/q;+1;+2;/p-3. The van der Waals surface area contributed by atoms with Crippen molar-refractivity contribution in [3.63, 3.8) is 0 Å². The fraction of sp³-hybridized carbons (Fsp3) is 0.273. The van der Waals surface area contributed by atoms with Crippen LogP contribution in [-0.2, 0) is 10.9 Å². The molecule has 0 radical (unpaired) electrons. The van der Waals surface area contributed by atoms with Crippen LogP contribution < -0.4 is 10.2 Å². The molecule has 1 N–H and O–H groups in total. The van der Waals surface area contributed by atoms with Gasteiger partial charge in [-0.3, -0.25) is 0 Å². The maximum atomic E-state index is 10.3. The molecule has 0 bridgehead atoms. The molecule has 0 spiro atoms. The molecule has 0 fully saturated rings. The minimum Gasteiger partial charge on any atom is -0.870 e. The van der Waals surface area contributed by atoms with Crippen molar-refractivity contribution in [2.75, 3.05) is 18.8 Å². The van der Waals surface area contributed by atoms with Gasteiger partial charge in [-0.15, -0.1) is 0 Å². The van der Waals surface area contributed by atoms with Crippen molar-refractivity contribution in [2.24, 2.45) is 0 Å². The summed E-state index contributed by atoms with van der Waals surface area (Å²) in [6, 6.07) is 4.81. The van der Waals surface area contributed by atoms with E-state index in [1.807, 2.05) is 0 Å². The van der Waals surface area contributed by atoms with Crippen LogP contribution >= 0.6 is 0 Å². The van der Waals surface area contributed by atoms with E-state index < -0.39 is 11.9 Å². The molecule has 1 aromatic carbocycles. The maximum Gasteiger partial charge on any atom is 2.00 e. The Morgan fingerprint density at radius 1 is 1.00 bits per heavy atom. The van der Waals surface area contributed by atoms with Crippen molar-refractivity contribution < 1.29 is 25.3 Å². The molecule has 0 heterocycles. The van der Waals surface area contributed by atoms with Crippen molar-refractivity contribution in [1.82, 2.24) is 0 Å². The molecule has 0 amide bonds. The Morgan fingerprint density at radius 3 is 1.50 bits per heavy atom. The molecule has 18 heavy (non-hydrogen) atoms. The predicted molar refractivity (Wildman–Crippen MR) is 67.9 cm³/mol. The van der Waals surface area contributed by atoms with Gasteiger partial charge >= 0.3 is 37.7 Å². The second-order valence-corrected chi connectivity index (χ2v) is 5.83. The number of rotatable bonds is 2. The summed E-state index contributed by atoms with van der Waals surface area (Å²) in [7, 11) is 0.639. The fourth-order valence-electron chi connectivity index (χ4n) is 0.773. The van der Waals surface area contributed by atoms with Gasteiger partial charge in [0.15, 0.2) is 0 Å². The van der Waals surface area contributed by atoms with E-state index >= 15 is 0 Å². The third-order valence-electron chi connectivity index (χ3n) is 1.33. The second kappa shape index (κ2) is 11.8. The topological polar surface area (TPSA) is 110 Å². The van der Waals surface area contributed by atoms with E-state index in [2.05, 4.69) is 18.8 Å². The van der Waals surface area contributed by atoms with Crippen LogP contribution in [0.5, 0.6) is 0 Å². The molecule has 0 saturated carbocycles.